The number of benzene rings is 2. The number of nitrogen functional groups attached to an aromatic ring is 1. The van der Waals surface area contributed by atoms with E-state index < -0.39 is 42.6 Å². The number of nitrogens with two attached hydrogens (primary N) is 1. The Bertz CT molecular complexity index is 1010. The number of anilines is 1. The van der Waals surface area contributed by atoms with Crippen molar-refractivity contribution in [2.45, 2.75) is 45.9 Å². The predicted molar refractivity (Wildman–Crippen MR) is 115 cm³/mol. The molecule has 0 bridgehead atoms. The lowest BCUT2D eigenvalue weighted by atomic mass is 10.0. The summed E-state index contributed by atoms with van der Waals surface area (Å²) in [5.41, 5.74) is 6.96. The summed E-state index contributed by atoms with van der Waals surface area (Å²) >= 11 is 0. The predicted octanol–water partition coefficient (Wildman–Crippen LogP) is 4.37. The van der Waals surface area contributed by atoms with Crippen LogP contribution in [-0.4, -0.2) is 42.4 Å². The lowest BCUT2D eigenvalue weighted by Crippen LogP contribution is -2.30. The van der Waals surface area contributed by atoms with Crippen LogP contribution >= 0.6 is 0 Å². The maximum absolute atomic E-state index is 12.8. The number of hydrogen-bond acceptors (Lipinski definition) is 7. The third-order valence-electron chi connectivity index (χ3n) is 4.72. The van der Waals surface area contributed by atoms with E-state index in [4.69, 9.17) is 19.9 Å². The monoisotopic (exact) mass is 469 g/mol. The van der Waals surface area contributed by atoms with E-state index in [1.165, 1.54) is 26.0 Å². The second-order valence-corrected chi connectivity index (χ2v) is 7.48. The van der Waals surface area contributed by atoms with Crippen LogP contribution in [-0.2, 0) is 16.0 Å². The summed E-state index contributed by atoms with van der Waals surface area (Å²) in [5, 5.41) is 10.4. The molecule has 0 aromatic heterocycles. The summed E-state index contributed by atoms with van der Waals surface area (Å²) in [6, 6.07) is 7.61. The van der Waals surface area contributed by atoms with Gasteiger partial charge in [0.05, 0.1) is 5.56 Å². The lowest BCUT2D eigenvalue weighted by molar-refractivity contribution is -0.149. The topological polar surface area (TPSA) is 108 Å². The van der Waals surface area contributed by atoms with Gasteiger partial charge in [0.1, 0.15) is 30.5 Å². The fourth-order valence-electron chi connectivity index (χ4n) is 2.98. The van der Waals surface area contributed by atoms with Gasteiger partial charge in [-0.15, -0.1) is 0 Å². The smallest absolute Gasteiger partial charge is 0.389 e. The molecule has 10 heteroatoms. The highest BCUT2D eigenvalue weighted by molar-refractivity contribution is 5.97. The first-order valence-electron chi connectivity index (χ1n) is 10.1. The molecular formula is C23H26F3NO6. The first-order chi connectivity index (χ1) is 15.4. The second kappa shape index (κ2) is 10.9. The van der Waals surface area contributed by atoms with Gasteiger partial charge in [-0.3, -0.25) is 9.59 Å². The Morgan fingerprint density at radius 1 is 1.09 bits per heavy atom. The van der Waals surface area contributed by atoms with Crippen LogP contribution in [0.3, 0.4) is 0 Å². The molecule has 0 saturated heterocycles. The van der Waals surface area contributed by atoms with Crippen molar-refractivity contribution >= 4 is 17.4 Å². The number of ether oxygens (including phenoxy) is 3. The Labute approximate surface area is 189 Å². The number of alkyl halides is 3. The Balaban J connectivity index is 2.18. The van der Waals surface area contributed by atoms with Crippen molar-refractivity contribution in [3.05, 3.63) is 47.0 Å². The number of rotatable bonds is 10. The minimum Gasteiger partial charge on any atom is -0.507 e. The molecule has 1 unspecified atom stereocenters. The van der Waals surface area contributed by atoms with E-state index in [2.05, 4.69) is 0 Å². The van der Waals surface area contributed by atoms with Crippen LogP contribution in [0.4, 0.5) is 18.9 Å². The number of phenolic OH excluding ortho intramolecular Hbond substituents is 1. The fourth-order valence-corrected chi connectivity index (χ4v) is 2.98. The van der Waals surface area contributed by atoms with Gasteiger partial charge in [-0.1, -0.05) is 6.07 Å². The van der Waals surface area contributed by atoms with Gasteiger partial charge in [-0.25, -0.2) is 0 Å². The van der Waals surface area contributed by atoms with Gasteiger partial charge in [-0.05, 0) is 44.0 Å². The van der Waals surface area contributed by atoms with Gasteiger partial charge in [0.25, 0.3) is 0 Å². The van der Waals surface area contributed by atoms with Crippen molar-refractivity contribution in [3.8, 4) is 17.2 Å². The van der Waals surface area contributed by atoms with Crippen molar-refractivity contribution < 1.29 is 42.1 Å². The zero-order chi connectivity index (χ0) is 24.8. The van der Waals surface area contributed by atoms with Crippen LogP contribution < -0.4 is 15.2 Å². The Morgan fingerprint density at radius 3 is 2.33 bits per heavy atom. The molecule has 180 valence electrons. The Morgan fingerprint density at radius 2 is 1.76 bits per heavy atom. The average Bonchev–Trinajstić information content (AvgIpc) is 2.70. The van der Waals surface area contributed by atoms with E-state index in [9.17, 15) is 27.9 Å². The Hall–Kier alpha value is -3.43. The summed E-state index contributed by atoms with van der Waals surface area (Å²) in [6.07, 6.45) is -7.19. The number of Topliss-reactive ketones (excluding diaryl/α,β-unsaturated/α-hetero) is 1. The average molecular weight is 469 g/mol. The molecule has 0 radical (unpaired) electrons. The van der Waals surface area contributed by atoms with Crippen molar-refractivity contribution in [2.75, 3.05) is 18.9 Å². The van der Waals surface area contributed by atoms with E-state index in [-0.39, 0.29) is 30.1 Å². The first-order valence-corrected chi connectivity index (χ1v) is 10.1. The van der Waals surface area contributed by atoms with Crippen LogP contribution in [0.1, 0.15) is 41.8 Å². The van der Waals surface area contributed by atoms with Gasteiger partial charge >= 0.3 is 12.1 Å². The summed E-state index contributed by atoms with van der Waals surface area (Å²) in [5.74, 6) is -1.30. The molecule has 3 N–H and O–H groups in total. The molecule has 0 spiro atoms. The molecule has 0 amide bonds. The number of carbonyl (C=O) groups is 2. The normalized spacial score (nSPS) is 12.2. The molecule has 2 aromatic rings. The lowest BCUT2D eigenvalue weighted by Gasteiger charge is -2.21. The highest BCUT2D eigenvalue weighted by atomic mass is 19.4. The number of hydrogen-bond donors (Lipinski definition) is 2. The van der Waals surface area contributed by atoms with Crippen LogP contribution in [0.2, 0.25) is 0 Å². The number of aryl methyl sites for hydroxylation is 1. The largest absolute Gasteiger partial charge is 0.507 e. The second-order valence-electron chi connectivity index (χ2n) is 7.48. The molecule has 7 nitrogen and oxygen atoms in total. The maximum atomic E-state index is 12.8. The molecule has 0 heterocycles. The summed E-state index contributed by atoms with van der Waals surface area (Å²) < 4.78 is 54.7. The zero-order valence-corrected chi connectivity index (χ0v) is 18.5. The van der Waals surface area contributed by atoms with E-state index in [0.29, 0.717) is 11.4 Å². The van der Waals surface area contributed by atoms with Gasteiger partial charge in [0, 0.05) is 30.7 Å². The molecule has 2 aromatic carbocycles. The van der Waals surface area contributed by atoms with Crippen LogP contribution in [0, 0.1) is 6.92 Å². The first kappa shape index (κ1) is 25.8. The zero-order valence-electron chi connectivity index (χ0n) is 18.5. The Kier molecular flexibility index (Phi) is 8.56. The van der Waals surface area contributed by atoms with Crippen molar-refractivity contribution in [3.63, 3.8) is 0 Å². The number of esters is 1. The van der Waals surface area contributed by atoms with Crippen LogP contribution in [0.25, 0.3) is 0 Å². The number of phenols is 1. The van der Waals surface area contributed by atoms with E-state index in [0.717, 1.165) is 5.56 Å². The van der Waals surface area contributed by atoms with E-state index in [1.807, 2.05) is 6.92 Å². The molecular weight excluding hydrogens is 443 g/mol. The highest BCUT2D eigenvalue weighted by Crippen LogP contribution is 2.35. The van der Waals surface area contributed by atoms with Crippen LogP contribution in [0.15, 0.2) is 30.3 Å². The summed E-state index contributed by atoms with van der Waals surface area (Å²) in [7, 11) is 0. The quantitative estimate of drug-likeness (QED) is 0.302. The highest BCUT2D eigenvalue weighted by Gasteiger charge is 2.29. The maximum Gasteiger partial charge on any atom is 0.389 e. The third kappa shape index (κ3) is 7.89. The van der Waals surface area contributed by atoms with E-state index >= 15 is 0 Å². The van der Waals surface area contributed by atoms with Gasteiger partial charge in [-0.2, -0.15) is 13.2 Å². The number of carbonyl (C=O) groups excluding carboxylic acids is 2. The standard InChI is InChI=1S/C23H26F3NO6/c1-13-4-5-16(10-20(13)27)31-11-17(33-15(3)29)12-32-21-7-6-18(14(2)28)22(30)19(21)8-9-23(24,25)26/h4-7,10,17,30H,8-9,11-12,27H2,1-3H3. The van der Waals surface area contributed by atoms with Crippen molar-refractivity contribution in [2.24, 2.45) is 0 Å². The van der Waals surface area contributed by atoms with Gasteiger partial charge in [0.2, 0.25) is 0 Å². The SMILES string of the molecule is CC(=O)OC(COc1ccc(C)c(N)c1)COc1ccc(C(C)=O)c(O)c1CCC(F)(F)F. The molecule has 0 aliphatic carbocycles. The summed E-state index contributed by atoms with van der Waals surface area (Å²) in [6.45, 7) is 3.84. The van der Waals surface area contributed by atoms with Gasteiger partial charge < -0.3 is 25.1 Å². The molecule has 0 aliphatic heterocycles. The molecule has 0 aliphatic rings. The van der Waals surface area contributed by atoms with E-state index in [1.54, 1.807) is 18.2 Å². The summed E-state index contributed by atoms with van der Waals surface area (Å²) in [4.78, 5) is 23.2. The number of aromatic hydroxyl groups is 1. The molecule has 2 rings (SSSR count). The third-order valence-corrected chi connectivity index (χ3v) is 4.72. The minimum absolute atomic E-state index is 0.0570. The molecule has 1 atom stereocenters. The fraction of sp³-hybridized carbons (Fsp3) is 0.391. The molecule has 0 fully saturated rings. The van der Waals surface area contributed by atoms with Crippen LogP contribution in [0.5, 0.6) is 17.2 Å². The van der Waals surface area contributed by atoms with Crippen molar-refractivity contribution in [1.82, 2.24) is 0 Å². The minimum atomic E-state index is -4.47. The number of halogens is 3. The molecule has 33 heavy (non-hydrogen) atoms. The molecule has 0 saturated carbocycles. The number of ketones is 1. The van der Waals surface area contributed by atoms with Crippen molar-refractivity contribution in [1.29, 1.82) is 0 Å². The van der Waals surface area contributed by atoms with Gasteiger partial charge in [0.15, 0.2) is 11.9 Å².